The van der Waals surface area contributed by atoms with Crippen LogP contribution >= 0.6 is 11.3 Å². The minimum atomic E-state index is -0.668. The maximum absolute atomic E-state index is 14.3. The van der Waals surface area contributed by atoms with E-state index in [0.717, 1.165) is 21.8 Å². The molecular weight excluding hydrogens is 503 g/mol. The number of anilines is 1. The molecular formula is C29H27FN4O3S. The number of nitrogens with two attached hydrogens (primary N) is 1. The van der Waals surface area contributed by atoms with Crippen molar-refractivity contribution in [1.29, 1.82) is 0 Å². The number of imidazole rings is 1. The van der Waals surface area contributed by atoms with E-state index in [0.29, 0.717) is 48.2 Å². The van der Waals surface area contributed by atoms with Gasteiger partial charge in [0.25, 0.3) is 0 Å². The molecule has 0 saturated heterocycles. The van der Waals surface area contributed by atoms with E-state index < -0.39 is 11.4 Å². The molecule has 5 aromatic rings. The number of thiophene rings is 1. The standard InChI is InChI=1S/C29H27FN4O3S/c1-17-3-8-24(38-17)16-36-22-11-20(30)12-23(13-22)37-21-6-4-18(5-7-21)25-26-27(31)32-9-10-34(26)28(33-25)19-14-29(2,35)15-19/h3-13,19,35H,14-16H2,1-2H3,(H2,31,32). The van der Waals surface area contributed by atoms with E-state index in [9.17, 15) is 9.50 Å². The Kier molecular flexibility index (Phi) is 6.04. The van der Waals surface area contributed by atoms with Gasteiger partial charge in [-0.1, -0.05) is 0 Å². The molecule has 0 bridgehead atoms. The van der Waals surface area contributed by atoms with Gasteiger partial charge in [0.15, 0.2) is 0 Å². The first-order chi connectivity index (χ1) is 18.2. The average Bonchev–Trinajstić information content (AvgIpc) is 3.46. The number of nitrogen functional groups attached to an aromatic ring is 1. The molecule has 3 heterocycles. The van der Waals surface area contributed by atoms with Crippen molar-refractivity contribution in [2.24, 2.45) is 0 Å². The molecule has 0 spiro atoms. The van der Waals surface area contributed by atoms with Gasteiger partial charge in [-0.05, 0) is 63.1 Å². The van der Waals surface area contributed by atoms with Crippen LogP contribution in [0.1, 0.15) is 41.3 Å². The monoisotopic (exact) mass is 530 g/mol. The van der Waals surface area contributed by atoms with E-state index in [-0.39, 0.29) is 5.92 Å². The Hall–Kier alpha value is -3.95. The number of aliphatic hydroxyl groups is 1. The van der Waals surface area contributed by atoms with Crippen LogP contribution in [0.4, 0.5) is 10.2 Å². The van der Waals surface area contributed by atoms with E-state index in [2.05, 4.69) is 4.98 Å². The van der Waals surface area contributed by atoms with Gasteiger partial charge in [0, 0.05) is 51.8 Å². The molecule has 194 valence electrons. The number of aromatic nitrogens is 3. The highest BCUT2D eigenvalue weighted by Gasteiger charge is 2.41. The van der Waals surface area contributed by atoms with Crippen LogP contribution < -0.4 is 15.2 Å². The second-order valence-corrected chi connectivity index (χ2v) is 11.4. The maximum atomic E-state index is 14.3. The van der Waals surface area contributed by atoms with Crippen LogP contribution in [0.2, 0.25) is 0 Å². The van der Waals surface area contributed by atoms with Crippen LogP contribution in [0, 0.1) is 12.7 Å². The first kappa shape index (κ1) is 24.4. The van der Waals surface area contributed by atoms with Crippen molar-refractivity contribution in [2.75, 3.05) is 5.73 Å². The van der Waals surface area contributed by atoms with Crippen LogP contribution in [0.5, 0.6) is 17.2 Å². The minimum Gasteiger partial charge on any atom is -0.488 e. The molecule has 3 N–H and O–H groups in total. The van der Waals surface area contributed by atoms with Crippen molar-refractivity contribution < 1.29 is 19.0 Å². The number of rotatable bonds is 7. The molecule has 3 aromatic heterocycles. The first-order valence-electron chi connectivity index (χ1n) is 12.4. The van der Waals surface area contributed by atoms with Crippen molar-refractivity contribution in [3.63, 3.8) is 0 Å². The molecule has 1 aliphatic rings. The largest absolute Gasteiger partial charge is 0.488 e. The summed E-state index contributed by atoms with van der Waals surface area (Å²) in [6, 6.07) is 15.8. The lowest BCUT2D eigenvalue weighted by Gasteiger charge is -2.40. The van der Waals surface area contributed by atoms with Gasteiger partial charge in [-0.3, -0.25) is 4.40 Å². The highest BCUT2D eigenvalue weighted by Crippen LogP contribution is 2.45. The molecule has 0 amide bonds. The zero-order valence-electron chi connectivity index (χ0n) is 21.0. The molecule has 1 saturated carbocycles. The number of fused-ring (bicyclic) bond motifs is 1. The van der Waals surface area contributed by atoms with E-state index in [4.69, 9.17) is 20.2 Å². The van der Waals surface area contributed by atoms with E-state index in [1.807, 2.05) is 48.7 Å². The molecule has 0 atom stereocenters. The highest BCUT2D eigenvalue weighted by atomic mass is 32.1. The molecule has 0 radical (unpaired) electrons. The fourth-order valence-corrected chi connectivity index (χ4v) is 5.78. The molecule has 0 unspecified atom stereocenters. The SMILES string of the molecule is Cc1ccc(COc2cc(F)cc(Oc3ccc(-c4nc(C5CC(C)(O)C5)n5ccnc(N)c45)cc3)c2)s1. The van der Waals surface area contributed by atoms with Gasteiger partial charge in [0.05, 0.1) is 5.60 Å². The molecule has 1 fully saturated rings. The summed E-state index contributed by atoms with van der Waals surface area (Å²) in [5.74, 6) is 2.24. The van der Waals surface area contributed by atoms with Crippen molar-refractivity contribution >= 4 is 22.7 Å². The summed E-state index contributed by atoms with van der Waals surface area (Å²) in [5.41, 5.74) is 7.88. The van der Waals surface area contributed by atoms with Gasteiger partial charge >= 0.3 is 0 Å². The predicted molar refractivity (Wildman–Crippen MR) is 145 cm³/mol. The molecule has 6 rings (SSSR count). The number of benzene rings is 2. The number of hydrogen-bond donors (Lipinski definition) is 2. The Morgan fingerprint density at radius 3 is 2.58 bits per heavy atom. The van der Waals surface area contributed by atoms with Crippen molar-refractivity contribution in [2.45, 2.75) is 44.8 Å². The first-order valence-corrected chi connectivity index (χ1v) is 13.2. The van der Waals surface area contributed by atoms with Crippen LogP contribution in [0.25, 0.3) is 16.8 Å². The topological polar surface area (TPSA) is 94.9 Å². The number of ether oxygens (including phenoxy) is 2. The fraction of sp³-hybridized carbons (Fsp3) is 0.241. The van der Waals surface area contributed by atoms with Crippen LogP contribution in [0.3, 0.4) is 0 Å². The zero-order chi connectivity index (χ0) is 26.4. The molecule has 38 heavy (non-hydrogen) atoms. The van der Waals surface area contributed by atoms with Gasteiger partial charge in [-0.25, -0.2) is 14.4 Å². The zero-order valence-corrected chi connectivity index (χ0v) is 21.8. The van der Waals surface area contributed by atoms with Crippen LogP contribution in [-0.4, -0.2) is 25.1 Å². The van der Waals surface area contributed by atoms with Gasteiger partial charge in [-0.15, -0.1) is 11.3 Å². The fourth-order valence-electron chi connectivity index (χ4n) is 4.97. The van der Waals surface area contributed by atoms with Crippen molar-refractivity contribution in [1.82, 2.24) is 14.4 Å². The number of nitrogens with zero attached hydrogens (tertiary/aromatic N) is 3. The summed E-state index contributed by atoms with van der Waals surface area (Å²) < 4.78 is 28.0. The van der Waals surface area contributed by atoms with Gasteiger partial charge < -0.3 is 20.3 Å². The van der Waals surface area contributed by atoms with Crippen molar-refractivity contribution in [3.05, 3.63) is 88.4 Å². The normalized spacial score (nSPS) is 18.9. The Morgan fingerprint density at radius 2 is 1.87 bits per heavy atom. The average molecular weight is 531 g/mol. The third-order valence-corrected chi connectivity index (χ3v) is 7.71. The third kappa shape index (κ3) is 4.82. The van der Waals surface area contributed by atoms with Crippen LogP contribution in [-0.2, 0) is 6.61 Å². The summed E-state index contributed by atoms with van der Waals surface area (Å²) in [6.07, 6.45) is 4.80. The number of hydrogen-bond acceptors (Lipinski definition) is 7. The summed E-state index contributed by atoms with van der Waals surface area (Å²) in [5, 5.41) is 10.2. The highest BCUT2D eigenvalue weighted by molar-refractivity contribution is 7.11. The molecule has 1 aliphatic carbocycles. The van der Waals surface area contributed by atoms with Gasteiger partial charge in [-0.2, -0.15) is 0 Å². The minimum absolute atomic E-state index is 0.142. The molecule has 0 aliphatic heterocycles. The summed E-state index contributed by atoms with van der Waals surface area (Å²) in [6.45, 7) is 4.24. The molecule has 7 nitrogen and oxygen atoms in total. The summed E-state index contributed by atoms with van der Waals surface area (Å²) in [7, 11) is 0. The van der Waals surface area contributed by atoms with Crippen molar-refractivity contribution in [3.8, 4) is 28.5 Å². The van der Waals surface area contributed by atoms with E-state index >= 15 is 0 Å². The van der Waals surface area contributed by atoms with Gasteiger partial charge in [0.2, 0.25) is 0 Å². The van der Waals surface area contributed by atoms with E-state index in [1.165, 1.54) is 17.0 Å². The lowest BCUT2D eigenvalue weighted by molar-refractivity contribution is -0.0335. The van der Waals surface area contributed by atoms with E-state index in [1.54, 1.807) is 35.7 Å². The summed E-state index contributed by atoms with van der Waals surface area (Å²) in [4.78, 5) is 11.4. The number of halogens is 1. The lowest BCUT2D eigenvalue weighted by atomic mass is 9.72. The lowest BCUT2D eigenvalue weighted by Crippen LogP contribution is -2.40. The Balaban J connectivity index is 1.23. The smallest absolute Gasteiger partial charge is 0.150 e. The summed E-state index contributed by atoms with van der Waals surface area (Å²) >= 11 is 1.65. The van der Waals surface area contributed by atoms with Crippen LogP contribution in [0.15, 0.2) is 67.0 Å². The number of aryl methyl sites for hydroxylation is 1. The Morgan fingerprint density at radius 1 is 1.11 bits per heavy atom. The second kappa shape index (κ2) is 9.41. The Bertz CT molecular complexity index is 1620. The maximum Gasteiger partial charge on any atom is 0.150 e. The molecule has 9 heteroatoms. The quantitative estimate of drug-likeness (QED) is 0.250. The van der Waals surface area contributed by atoms with Gasteiger partial charge in [0.1, 0.15) is 52.5 Å². The molecule has 2 aromatic carbocycles. The Labute approximate surface area is 223 Å². The second-order valence-electron chi connectivity index (χ2n) is 10.0. The predicted octanol–water partition coefficient (Wildman–Crippen LogP) is 6.49. The third-order valence-electron chi connectivity index (χ3n) is 6.73.